The van der Waals surface area contributed by atoms with Gasteiger partial charge in [0.2, 0.25) is 0 Å². The van der Waals surface area contributed by atoms with Gasteiger partial charge in [0.15, 0.2) is 5.65 Å². The lowest BCUT2D eigenvalue weighted by molar-refractivity contribution is 0.277. The molecule has 1 N–H and O–H groups in total. The Morgan fingerprint density at radius 3 is 2.88 bits per heavy atom. The maximum atomic E-state index is 9.02. The molecule has 1 fully saturated rings. The molecule has 84 valence electrons. The van der Waals surface area contributed by atoms with Crippen LogP contribution in [0, 0.1) is 0 Å². The Morgan fingerprint density at radius 1 is 1.31 bits per heavy atom. The van der Waals surface area contributed by atoms with Crippen molar-refractivity contribution in [3.8, 4) is 0 Å². The van der Waals surface area contributed by atoms with Crippen LogP contribution in [0.1, 0.15) is 43.0 Å². The number of aliphatic hydroxyl groups excluding tert-OH is 1. The van der Waals surface area contributed by atoms with Crippen molar-refractivity contribution in [2.24, 2.45) is 0 Å². The predicted octanol–water partition coefficient (Wildman–Crippen LogP) is 1.88. The van der Waals surface area contributed by atoms with E-state index in [2.05, 4.69) is 16.1 Å². The van der Waals surface area contributed by atoms with Crippen molar-refractivity contribution < 1.29 is 5.11 Å². The van der Waals surface area contributed by atoms with E-state index < -0.39 is 0 Å². The van der Waals surface area contributed by atoms with E-state index in [1.807, 2.05) is 6.07 Å². The fourth-order valence-corrected chi connectivity index (χ4v) is 2.46. The summed E-state index contributed by atoms with van der Waals surface area (Å²) in [5, 5.41) is 13.6. The first-order valence-electron chi connectivity index (χ1n) is 5.83. The average Bonchev–Trinajstić information content (AvgIpc) is 2.96. The Labute approximate surface area is 93.9 Å². The summed E-state index contributed by atoms with van der Waals surface area (Å²) in [5.41, 5.74) is 2.65. The van der Waals surface area contributed by atoms with Crippen molar-refractivity contribution in [3.05, 3.63) is 29.7 Å². The summed E-state index contributed by atoms with van der Waals surface area (Å²) in [7, 11) is 0. The highest BCUT2D eigenvalue weighted by Crippen LogP contribution is 2.32. The lowest BCUT2D eigenvalue weighted by atomic mass is 10.0. The molecule has 0 radical (unpaired) electrons. The Bertz CT molecular complexity index is 500. The molecule has 3 rings (SSSR count). The van der Waals surface area contributed by atoms with Crippen molar-refractivity contribution in [2.75, 3.05) is 0 Å². The molecular weight excluding hydrogens is 202 g/mol. The molecule has 16 heavy (non-hydrogen) atoms. The zero-order chi connectivity index (χ0) is 11.0. The summed E-state index contributed by atoms with van der Waals surface area (Å²) in [6, 6.07) is 4.05. The minimum absolute atomic E-state index is 0.0257. The summed E-state index contributed by atoms with van der Waals surface area (Å²) in [4.78, 5) is 4.25. The van der Waals surface area contributed by atoms with Gasteiger partial charge in [0, 0.05) is 5.92 Å². The second-order valence-corrected chi connectivity index (χ2v) is 4.43. The van der Waals surface area contributed by atoms with Gasteiger partial charge in [-0.1, -0.05) is 12.8 Å². The Kier molecular flexibility index (Phi) is 2.36. The topological polar surface area (TPSA) is 50.4 Å². The number of hydrogen-bond donors (Lipinski definition) is 1. The zero-order valence-corrected chi connectivity index (χ0v) is 9.13. The molecule has 1 aliphatic carbocycles. The van der Waals surface area contributed by atoms with Crippen LogP contribution in [0.25, 0.3) is 5.65 Å². The lowest BCUT2D eigenvalue weighted by Crippen LogP contribution is -2.00. The minimum Gasteiger partial charge on any atom is -0.390 e. The molecule has 0 saturated heterocycles. The Balaban J connectivity index is 2.00. The number of imidazole rings is 1. The van der Waals surface area contributed by atoms with E-state index in [-0.39, 0.29) is 6.61 Å². The molecular formula is C12H15N3O. The van der Waals surface area contributed by atoms with Crippen LogP contribution in [0.5, 0.6) is 0 Å². The monoisotopic (exact) mass is 217 g/mol. The minimum atomic E-state index is -0.0257. The van der Waals surface area contributed by atoms with Crippen molar-refractivity contribution in [1.29, 1.82) is 0 Å². The molecule has 0 spiro atoms. The first-order valence-corrected chi connectivity index (χ1v) is 5.83. The van der Waals surface area contributed by atoms with E-state index in [0.717, 1.165) is 11.3 Å². The van der Waals surface area contributed by atoms with Crippen molar-refractivity contribution in [3.63, 3.8) is 0 Å². The van der Waals surface area contributed by atoms with Crippen LogP contribution >= 0.6 is 0 Å². The van der Waals surface area contributed by atoms with E-state index in [1.165, 1.54) is 25.7 Å². The van der Waals surface area contributed by atoms with Crippen LogP contribution in [0.4, 0.5) is 0 Å². The zero-order valence-electron chi connectivity index (χ0n) is 9.13. The van der Waals surface area contributed by atoms with Gasteiger partial charge in [-0.25, -0.2) is 9.50 Å². The molecule has 0 amide bonds. The number of aromatic nitrogens is 3. The third-order valence-corrected chi connectivity index (χ3v) is 3.33. The normalized spacial score (nSPS) is 17.3. The fraction of sp³-hybridized carbons (Fsp3) is 0.500. The van der Waals surface area contributed by atoms with Gasteiger partial charge in [-0.15, -0.1) is 0 Å². The van der Waals surface area contributed by atoms with Gasteiger partial charge >= 0.3 is 0 Å². The number of fused-ring (bicyclic) bond motifs is 1. The summed E-state index contributed by atoms with van der Waals surface area (Å²) in [6.45, 7) is -0.0257. The molecule has 2 heterocycles. The Morgan fingerprint density at radius 2 is 2.12 bits per heavy atom. The quantitative estimate of drug-likeness (QED) is 0.835. The number of nitrogens with zero attached hydrogens (tertiary/aromatic N) is 3. The van der Waals surface area contributed by atoms with Gasteiger partial charge in [-0.2, -0.15) is 5.10 Å². The van der Waals surface area contributed by atoms with Gasteiger partial charge < -0.3 is 5.11 Å². The molecule has 0 aromatic carbocycles. The molecule has 2 aromatic heterocycles. The van der Waals surface area contributed by atoms with Gasteiger partial charge in [0.1, 0.15) is 0 Å². The van der Waals surface area contributed by atoms with Crippen LogP contribution in [-0.2, 0) is 6.61 Å². The largest absolute Gasteiger partial charge is 0.390 e. The number of rotatable bonds is 2. The maximum absolute atomic E-state index is 9.02. The summed E-state index contributed by atoms with van der Waals surface area (Å²) < 4.78 is 1.78. The molecule has 1 saturated carbocycles. The standard InChI is InChI=1S/C12H15N3O/c16-8-10-7-15-12(13-10)6-5-11(14-15)9-3-1-2-4-9/h5-7,9,16H,1-4,8H2. The molecule has 0 unspecified atom stereocenters. The number of hydrogen-bond acceptors (Lipinski definition) is 3. The molecule has 4 heteroatoms. The highest BCUT2D eigenvalue weighted by molar-refractivity contribution is 5.38. The van der Waals surface area contributed by atoms with E-state index >= 15 is 0 Å². The molecule has 0 atom stereocenters. The van der Waals surface area contributed by atoms with Gasteiger partial charge in [0.25, 0.3) is 0 Å². The van der Waals surface area contributed by atoms with Gasteiger partial charge in [-0.05, 0) is 25.0 Å². The second-order valence-electron chi connectivity index (χ2n) is 4.43. The molecule has 0 aliphatic heterocycles. The van der Waals surface area contributed by atoms with Crippen LogP contribution in [0.3, 0.4) is 0 Å². The summed E-state index contributed by atoms with van der Waals surface area (Å²) in [6.07, 6.45) is 6.93. The molecule has 0 bridgehead atoms. The smallest absolute Gasteiger partial charge is 0.153 e. The molecule has 1 aliphatic rings. The molecule has 4 nitrogen and oxygen atoms in total. The van der Waals surface area contributed by atoms with Crippen LogP contribution < -0.4 is 0 Å². The third kappa shape index (κ3) is 1.59. The summed E-state index contributed by atoms with van der Waals surface area (Å²) in [5.74, 6) is 0.615. The SMILES string of the molecule is OCc1cn2nc(C3CCCC3)ccc2n1. The highest BCUT2D eigenvalue weighted by atomic mass is 16.3. The second kappa shape index (κ2) is 3.87. The fourth-order valence-electron chi connectivity index (χ4n) is 2.46. The van der Waals surface area contributed by atoms with Gasteiger partial charge in [0.05, 0.1) is 24.2 Å². The van der Waals surface area contributed by atoms with E-state index in [0.29, 0.717) is 11.6 Å². The first-order chi connectivity index (χ1) is 7.86. The van der Waals surface area contributed by atoms with Crippen LogP contribution in [0.15, 0.2) is 18.3 Å². The first kappa shape index (κ1) is 9.78. The number of aliphatic hydroxyl groups is 1. The third-order valence-electron chi connectivity index (χ3n) is 3.33. The molecule has 2 aromatic rings. The maximum Gasteiger partial charge on any atom is 0.153 e. The average molecular weight is 217 g/mol. The van der Waals surface area contributed by atoms with E-state index in [1.54, 1.807) is 10.7 Å². The van der Waals surface area contributed by atoms with Crippen molar-refractivity contribution in [2.45, 2.75) is 38.2 Å². The van der Waals surface area contributed by atoms with Crippen LogP contribution in [-0.4, -0.2) is 19.7 Å². The lowest BCUT2D eigenvalue weighted by Gasteiger charge is -2.07. The van der Waals surface area contributed by atoms with E-state index in [4.69, 9.17) is 5.11 Å². The predicted molar refractivity (Wildman–Crippen MR) is 60.1 cm³/mol. The highest BCUT2D eigenvalue weighted by Gasteiger charge is 2.18. The van der Waals surface area contributed by atoms with E-state index in [9.17, 15) is 0 Å². The van der Waals surface area contributed by atoms with Crippen molar-refractivity contribution in [1.82, 2.24) is 14.6 Å². The Hall–Kier alpha value is -1.42. The van der Waals surface area contributed by atoms with Gasteiger partial charge in [-0.3, -0.25) is 0 Å². The van der Waals surface area contributed by atoms with Crippen molar-refractivity contribution >= 4 is 5.65 Å². The van der Waals surface area contributed by atoms with Crippen LogP contribution in [0.2, 0.25) is 0 Å². The summed E-state index contributed by atoms with van der Waals surface area (Å²) >= 11 is 0.